The summed E-state index contributed by atoms with van der Waals surface area (Å²) in [5.74, 6) is -0.178. The Balaban J connectivity index is 2.14. The van der Waals surface area contributed by atoms with Gasteiger partial charge in [0, 0.05) is 0 Å². The number of halogens is 1. The zero-order valence-electron chi connectivity index (χ0n) is 12.2. The van der Waals surface area contributed by atoms with Gasteiger partial charge in [-0.15, -0.1) is 0 Å². The molecule has 3 rings (SSSR count). The van der Waals surface area contributed by atoms with Crippen LogP contribution >= 0.6 is 0 Å². The van der Waals surface area contributed by atoms with E-state index in [1.165, 1.54) is 16.7 Å². The van der Waals surface area contributed by atoms with Gasteiger partial charge < -0.3 is 0 Å². The highest BCUT2D eigenvalue weighted by Crippen LogP contribution is 2.43. The first-order valence-electron chi connectivity index (χ1n) is 7.04. The molecule has 1 atom stereocenters. The lowest BCUT2D eigenvalue weighted by Crippen LogP contribution is -2.28. The number of hydrogen-bond donors (Lipinski definition) is 0. The average Bonchev–Trinajstić information content (AvgIpc) is 2.79. The Morgan fingerprint density at radius 3 is 2.20 bits per heavy atom. The molecule has 0 N–H and O–H groups in total. The van der Waals surface area contributed by atoms with E-state index in [1.807, 2.05) is 12.1 Å². The monoisotopic (exact) mass is 282 g/mol. The molecule has 0 heterocycles. The molecule has 0 fully saturated rings. The molecule has 2 aromatic rings. The highest BCUT2D eigenvalue weighted by atomic mass is 28.3. The highest BCUT2D eigenvalue weighted by Gasteiger charge is 2.33. The molecule has 102 valence electrons. The molecule has 2 heteroatoms. The Labute approximate surface area is 121 Å². The first-order valence-corrected chi connectivity index (χ1v) is 10.6. The molecule has 0 aliphatic heterocycles. The van der Waals surface area contributed by atoms with Gasteiger partial charge in [-0.1, -0.05) is 62.1 Å². The molecule has 0 radical (unpaired) electrons. The topological polar surface area (TPSA) is 0 Å². The molecule has 2 aromatic carbocycles. The van der Waals surface area contributed by atoms with Crippen molar-refractivity contribution in [2.45, 2.75) is 25.2 Å². The maximum Gasteiger partial charge on any atom is 0.123 e. The summed E-state index contributed by atoms with van der Waals surface area (Å²) >= 11 is 0. The molecule has 0 amide bonds. The summed E-state index contributed by atoms with van der Waals surface area (Å²) < 4.78 is 13.1. The van der Waals surface area contributed by atoms with Gasteiger partial charge in [0.1, 0.15) is 5.82 Å². The largest absolute Gasteiger partial charge is 0.207 e. The van der Waals surface area contributed by atoms with E-state index in [1.54, 1.807) is 12.1 Å². The molecular formula is C18H19FSi. The minimum absolute atomic E-state index is 0.178. The molecule has 0 saturated carbocycles. The second-order valence-corrected chi connectivity index (χ2v) is 11.9. The second-order valence-electron chi connectivity index (χ2n) is 6.52. The van der Waals surface area contributed by atoms with Crippen LogP contribution in [-0.4, -0.2) is 8.07 Å². The van der Waals surface area contributed by atoms with Crippen LogP contribution in [0.1, 0.15) is 22.2 Å². The Hall–Kier alpha value is -1.67. The normalized spacial score (nSPS) is 17.8. The van der Waals surface area contributed by atoms with E-state index in [4.69, 9.17) is 0 Å². The summed E-state index contributed by atoms with van der Waals surface area (Å²) in [6.45, 7) is 7.20. The lowest BCUT2D eigenvalue weighted by molar-refractivity contribution is 0.627. The number of hydrogen-bond acceptors (Lipinski definition) is 0. The van der Waals surface area contributed by atoms with Crippen LogP contribution in [0.5, 0.6) is 0 Å². The summed E-state index contributed by atoms with van der Waals surface area (Å²) in [7, 11) is -1.31. The third-order valence-electron chi connectivity index (χ3n) is 4.01. The van der Waals surface area contributed by atoms with Crippen LogP contribution in [0.25, 0.3) is 5.57 Å². The van der Waals surface area contributed by atoms with Crippen LogP contribution < -0.4 is 0 Å². The molecule has 1 unspecified atom stereocenters. The lowest BCUT2D eigenvalue weighted by Gasteiger charge is -2.24. The van der Waals surface area contributed by atoms with Gasteiger partial charge >= 0.3 is 0 Å². The van der Waals surface area contributed by atoms with Gasteiger partial charge in [-0.05, 0) is 39.9 Å². The molecule has 1 aliphatic rings. The minimum atomic E-state index is -1.31. The smallest absolute Gasteiger partial charge is 0.123 e. The van der Waals surface area contributed by atoms with E-state index in [9.17, 15) is 4.39 Å². The van der Waals surface area contributed by atoms with Crippen molar-refractivity contribution < 1.29 is 4.39 Å². The summed E-state index contributed by atoms with van der Waals surface area (Å²) in [5, 5.41) is 0. The Morgan fingerprint density at radius 2 is 1.55 bits per heavy atom. The van der Waals surface area contributed by atoms with Crippen LogP contribution in [0.2, 0.25) is 19.6 Å². The van der Waals surface area contributed by atoms with Crippen molar-refractivity contribution >= 4 is 13.6 Å². The first kappa shape index (κ1) is 13.3. The van der Waals surface area contributed by atoms with Gasteiger partial charge in [0.25, 0.3) is 0 Å². The SMILES string of the molecule is C[Si](C)(C)C1C=C(c2ccc(F)cc2)c2ccccc21. The van der Waals surface area contributed by atoms with Crippen molar-refractivity contribution in [3.8, 4) is 0 Å². The fraction of sp³-hybridized carbons (Fsp3) is 0.222. The van der Waals surface area contributed by atoms with Gasteiger partial charge in [-0.2, -0.15) is 0 Å². The number of benzene rings is 2. The first-order chi connectivity index (χ1) is 9.47. The minimum Gasteiger partial charge on any atom is -0.207 e. The van der Waals surface area contributed by atoms with Gasteiger partial charge in [0.15, 0.2) is 0 Å². The van der Waals surface area contributed by atoms with Crippen molar-refractivity contribution in [2.75, 3.05) is 0 Å². The molecule has 0 nitrogen and oxygen atoms in total. The van der Waals surface area contributed by atoms with Gasteiger partial charge in [0.05, 0.1) is 8.07 Å². The fourth-order valence-corrected chi connectivity index (χ4v) is 4.81. The maximum absolute atomic E-state index is 13.1. The van der Waals surface area contributed by atoms with Crippen LogP contribution in [0.3, 0.4) is 0 Å². The van der Waals surface area contributed by atoms with Gasteiger partial charge in [-0.3, -0.25) is 0 Å². The van der Waals surface area contributed by atoms with Crippen molar-refractivity contribution in [3.05, 3.63) is 77.1 Å². The predicted octanol–water partition coefficient (Wildman–Crippen LogP) is 5.23. The average molecular weight is 282 g/mol. The van der Waals surface area contributed by atoms with E-state index in [-0.39, 0.29) is 5.82 Å². The zero-order valence-corrected chi connectivity index (χ0v) is 13.2. The zero-order chi connectivity index (χ0) is 14.3. The molecular weight excluding hydrogens is 263 g/mol. The number of allylic oxidation sites excluding steroid dienone is 1. The van der Waals surface area contributed by atoms with Crippen molar-refractivity contribution in [3.63, 3.8) is 0 Å². The number of fused-ring (bicyclic) bond motifs is 1. The third-order valence-corrected chi connectivity index (χ3v) is 6.35. The predicted molar refractivity (Wildman–Crippen MR) is 86.0 cm³/mol. The van der Waals surface area contributed by atoms with E-state index in [2.05, 4.69) is 50.0 Å². The van der Waals surface area contributed by atoms with Crippen LogP contribution in [0.15, 0.2) is 54.6 Å². The van der Waals surface area contributed by atoms with E-state index in [0.717, 1.165) is 5.56 Å². The van der Waals surface area contributed by atoms with Gasteiger partial charge in [0.2, 0.25) is 0 Å². The number of rotatable bonds is 2. The molecule has 0 bridgehead atoms. The van der Waals surface area contributed by atoms with Gasteiger partial charge in [-0.25, -0.2) is 4.39 Å². The van der Waals surface area contributed by atoms with E-state index >= 15 is 0 Å². The Morgan fingerprint density at radius 1 is 0.900 bits per heavy atom. The molecule has 20 heavy (non-hydrogen) atoms. The van der Waals surface area contributed by atoms with E-state index < -0.39 is 8.07 Å². The Kier molecular flexibility index (Phi) is 3.13. The molecule has 0 spiro atoms. The fourth-order valence-electron chi connectivity index (χ4n) is 2.96. The standard InChI is InChI=1S/C18H19FSi/c1-20(2,3)18-12-17(13-8-10-14(19)11-9-13)15-6-4-5-7-16(15)18/h4-12,18H,1-3H3. The highest BCUT2D eigenvalue weighted by molar-refractivity contribution is 6.78. The molecule has 0 aromatic heterocycles. The summed E-state index contributed by atoms with van der Waals surface area (Å²) in [6, 6.07) is 15.5. The third kappa shape index (κ3) is 2.25. The van der Waals surface area contributed by atoms with Crippen LogP contribution in [0.4, 0.5) is 4.39 Å². The second kappa shape index (κ2) is 4.71. The van der Waals surface area contributed by atoms with Crippen molar-refractivity contribution in [1.29, 1.82) is 0 Å². The maximum atomic E-state index is 13.1. The lowest BCUT2D eigenvalue weighted by atomic mass is 9.99. The summed E-state index contributed by atoms with van der Waals surface area (Å²) in [4.78, 5) is 0. The van der Waals surface area contributed by atoms with Crippen molar-refractivity contribution in [2.24, 2.45) is 0 Å². The quantitative estimate of drug-likeness (QED) is 0.661. The van der Waals surface area contributed by atoms with Crippen LogP contribution in [0, 0.1) is 5.82 Å². The summed E-state index contributed by atoms with van der Waals surface area (Å²) in [5.41, 5.74) is 5.66. The van der Waals surface area contributed by atoms with E-state index in [0.29, 0.717) is 5.54 Å². The molecule has 0 saturated heterocycles. The summed E-state index contributed by atoms with van der Waals surface area (Å²) in [6.07, 6.45) is 2.39. The van der Waals surface area contributed by atoms with Crippen LogP contribution in [-0.2, 0) is 0 Å². The molecule has 1 aliphatic carbocycles. The Bertz CT molecular complexity index is 663. The van der Waals surface area contributed by atoms with Crippen molar-refractivity contribution in [1.82, 2.24) is 0 Å².